The van der Waals surface area contributed by atoms with Crippen molar-refractivity contribution < 1.29 is 4.79 Å². The van der Waals surface area contributed by atoms with E-state index in [1.807, 2.05) is 0 Å². The molecule has 0 aliphatic heterocycles. The van der Waals surface area contributed by atoms with E-state index in [9.17, 15) is 4.79 Å². The van der Waals surface area contributed by atoms with E-state index in [4.69, 9.17) is 5.73 Å². The van der Waals surface area contributed by atoms with Crippen molar-refractivity contribution in [2.24, 2.45) is 5.73 Å². The van der Waals surface area contributed by atoms with Crippen LogP contribution in [0.3, 0.4) is 0 Å². The molecule has 4 nitrogen and oxygen atoms in total. The molecule has 96 valence electrons. The van der Waals surface area contributed by atoms with Gasteiger partial charge < -0.3 is 11.1 Å². The van der Waals surface area contributed by atoms with Crippen LogP contribution in [0, 0.1) is 0 Å². The van der Waals surface area contributed by atoms with Gasteiger partial charge in [0.05, 0.1) is 0 Å². The molecule has 0 unspecified atom stereocenters. The Kier molecular flexibility index (Phi) is 7.34. The lowest BCUT2D eigenvalue weighted by molar-refractivity contribution is -0.120. The molecule has 0 aromatic rings. The molecule has 3 N–H and O–H groups in total. The molecule has 0 rings (SSSR count). The predicted octanol–water partition coefficient (Wildman–Crippen LogP) is 0.962. The molecule has 0 bridgehead atoms. The largest absolute Gasteiger partial charge is 0.359 e. The second kappa shape index (κ2) is 7.63. The monoisotopic (exact) mass is 229 g/mol. The Morgan fingerprint density at radius 3 is 2.31 bits per heavy atom. The Bertz CT molecular complexity index is 194. The number of nitrogens with one attached hydrogen (secondary N) is 1. The summed E-state index contributed by atoms with van der Waals surface area (Å²) >= 11 is 0. The van der Waals surface area contributed by atoms with E-state index in [2.05, 4.69) is 31.1 Å². The van der Waals surface area contributed by atoms with Crippen LogP contribution in [0.4, 0.5) is 0 Å². The Labute approximate surface area is 99.6 Å². The number of nitrogens with two attached hydrogens (primary N) is 1. The number of nitrogens with zero attached hydrogens (tertiary/aromatic N) is 1. The lowest BCUT2D eigenvalue weighted by Gasteiger charge is -2.40. The lowest BCUT2D eigenvalue weighted by Crippen LogP contribution is -2.51. The van der Waals surface area contributed by atoms with Gasteiger partial charge in [-0.25, -0.2) is 0 Å². The molecule has 0 atom stereocenters. The molecule has 16 heavy (non-hydrogen) atoms. The highest BCUT2D eigenvalue weighted by atomic mass is 16.1. The first-order chi connectivity index (χ1) is 7.56. The molecular weight excluding hydrogens is 202 g/mol. The van der Waals surface area contributed by atoms with E-state index in [1.54, 1.807) is 7.05 Å². The first kappa shape index (κ1) is 15.4. The van der Waals surface area contributed by atoms with Crippen molar-refractivity contribution in [2.45, 2.75) is 45.1 Å². The van der Waals surface area contributed by atoms with Crippen LogP contribution >= 0.6 is 0 Å². The molecule has 0 saturated heterocycles. The molecular formula is C12H27N3O. The zero-order chi connectivity index (χ0) is 12.6. The number of hydrogen-bond acceptors (Lipinski definition) is 3. The van der Waals surface area contributed by atoms with Crippen molar-refractivity contribution in [3.8, 4) is 0 Å². The van der Waals surface area contributed by atoms with Gasteiger partial charge in [-0.1, -0.05) is 13.8 Å². The van der Waals surface area contributed by atoms with E-state index in [1.165, 1.54) is 0 Å². The van der Waals surface area contributed by atoms with Crippen LogP contribution in [0.1, 0.15) is 39.5 Å². The number of rotatable bonds is 8. The minimum atomic E-state index is 0.0999. The van der Waals surface area contributed by atoms with Gasteiger partial charge in [0.25, 0.3) is 0 Å². The predicted molar refractivity (Wildman–Crippen MR) is 68.3 cm³/mol. The van der Waals surface area contributed by atoms with E-state index in [0.717, 1.165) is 25.8 Å². The van der Waals surface area contributed by atoms with Crippen LogP contribution in [-0.2, 0) is 4.79 Å². The number of carbonyl (C=O) groups excluding carboxylic acids is 1. The molecule has 0 spiro atoms. The summed E-state index contributed by atoms with van der Waals surface area (Å²) in [6.45, 7) is 5.94. The van der Waals surface area contributed by atoms with E-state index < -0.39 is 0 Å². The smallest absolute Gasteiger partial charge is 0.219 e. The van der Waals surface area contributed by atoms with Gasteiger partial charge in [-0.05, 0) is 32.9 Å². The summed E-state index contributed by atoms with van der Waals surface area (Å²) in [5.41, 5.74) is 5.97. The highest BCUT2D eigenvalue weighted by Gasteiger charge is 2.28. The third-order valence-electron chi connectivity index (χ3n) is 3.68. The first-order valence-electron chi connectivity index (χ1n) is 6.18. The van der Waals surface area contributed by atoms with Gasteiger partial charge in [0.1, 0.15) is 0 Å². The molecule has 1 amide bonds. The quantitative estimate of drug-likeness (QED) is 0.652. The van der Waals surface area contributed by atoms with E-state index in [-0.39, 0.29) is 11.4 Å². The van der Waals surface area contributed by atoms with Gasteiger partial charge in [0.15, 0.2) is 0 Å². The zero-order valence-corrected chi connectivity index (χ0v) is 11.2. The van der Waals surface area contributed by atoms with Crippen molar-refractivity contribution in [3.05, 3.63) is 0 Å². The van der Waals surface area contributed by atoms with Gasteiger partial charge in [-0.15, -0.1) is 0 Å². The normalized spacial score (nSPS) is 11.9. The van der Waals surface area contributed by atoms with E-state index >= 15 is 0 Å². The average molecular weight is 229 g/mol. The van der Waals surface area contributed by atoms with Crippen LogP contribution in [-0.4, -0.2) is 43.5 Å². The molecule has 0 aliphatic rings. The standard InChI is InChI=1S/C12H27N3O/c1-5-12(6-2,10-13)15(4)9-7-8-11(16)14-3/h5-10,13H2,1-4H3,(H,14,16). The summed E-state index contributed by atoms with van der Waals surface area (Å²) in [7, 11) is 3.78. The maximum atomic E-state index is 11.1. The maximum absolute atomic E-state index is 11.1. The topological polar surface area (TPSA) is 58.4 Å². The number of likely N-dealkylation sites (N-methyl/N-ethyl adjacent to an activating group) is 1. The molecule has 0 fully saturated rings. The fourth-order valence-corrected chi connectivity index (χ4v) is 2.07. The van der Waals surface area contributed by atoms with Crippen LogP contribution in [0.15, 0.2) is 0 Å². The summed E-state index contributed by atoms with van der Waals surface area (Å²) in [6.07, 6.45) is 3.58. The van der Waals surface area contributed by atoms with Crippen LogP contribution in [0.5, 0.6) is 0 Å². The van der Waals surface area contributed by atoms with Crippen molar-refractivity contribution >= 4 is 5.91 Å². The second-order valence-electron chi connectivity index (χ2n) is 4.33. The molecule has 0 radical (unpaired) electrons. The summed E-state index contributed by atoms with van der Waals surface area (Å²) in [6, 6.07) is 0. The van der Waals surface area contributed by atoms with E-state index in [0.29, 0.717) is 13.0 Å². The maximum Gasteiger partial charge on any atom is 0.219 e. The van der Waals surface area contributed by atoms with Crippen molar-refractivity contribution in [1.29, 1.82) is 0 Å². The Morgan fingerprint density at radius 1 is 1.38 bits per heavy atom. The Morgan fingerprint density at radius 2 is 1.94 bits per heavy atom. The van der Waals surface area contributed by atoms with Gasteiger partial charge in [0.2, 0.25) is 5.91 Å². The summed E-state index contributed by atoms with van der Waals surface area (Å²) < 4.78 is 0. The van der Waals surface area contributed by atoms with Crippen molar-refractivity contribution in [3.63, 3.8) is 0 Å². The summed E-state index contributed by atoms with van der Waals surface area (Å²) in [4.78, 5) is 13.4. The fraction of sp³-hybridized carbons (Fsp3) is 0.917. The number of carbonyl (C=O) groups is 1. The Hall–Kier alpha value is -0.610. The minimum Gasteiger partial charge on any atom is -0.359 e. The van der Waals surface area contributed by atoms with Gasteiger partial charge in [0, 0.05) is 25.6 Å². The highest BCUT2D eigenvalue weighted by molar-refractivity contribution is 5.75. The van der Waals surface area contributed by atoms with Crippen LogP contribution in [0.2, 0.25) is 0 Å². The molecule has 0 aliphatic carbocycles. The average Bonchev–Trinajstić information content (AvgIpc) is 2.31. The first-order valence-corrected chi connectivity index (χ1v) is 6.18. The van der Waals surface area contributed by atoms with Crippen molar-refractivity contribution in [1.82, 2.24) is 10.2 Å². The minimum absolute atomic E-state index is 0.0999. The fourth-order valence-electron chi connectivity index (χ4n) is 2.07. The zero-order valence-electron chi connectivity index (χ0n) is 11.2. The third kappa shape index (κ3) is 4.10. The summed E-state index contributed by atoms with van der Waals surface area (Å²) in [5, 5.41) is 2.64. The SMILES string of the molecule is CCC(CC)(CN)N(C)CCCC(=O)NC. The highest BCUT2D eigenvalue weighted by Crippen LogP contribution is 2.21. The molecule has 0 saturated carbocycles. The Balaban J connectivity index is 4.11. The molecule has 4 heteroatoms. The molecule has 0 aromatic heterocycles. The second-order valence-corrected chi connectivity index (χ2v) is 4.33. The summed E-state index contributed by atoms with van der Waals surface area (Å²) in [5.74, 6) is 0.111. The number of amides is 1. The molecule has 0 heterocycles. The van der Waals surface area contributed by atoms with Crippen LogP contribution < -0.4 is 11.1 Å². The van der Waals surface area contributed by atoms with Gasteiger partial charge in [-0.2, -0.15) is 0 Å². The van der Waals surface area contributed by atoms with Crippen LogP contribution in [0.25, 0.3) is 0 Å². The van der Waals surface area contributed by atoms with Crippen molar-refractivity contribution in [2.75, 3.05) is 27.2 Å². The molecule has 0 aromatic carbocycles. The third-order valence-corrected chi connectivity index (χ3v) is 3.68. The van der Waals surface area contributed by atoms with Gasteiger partial charge in [-0.3, -0.25) is 9.69 Å². The number of hydrogen-bond donors (Lipinski definition) is 2. The van der Waals surface area contributed by atoms with Gasteiger partial charge >= 0.3 is 0 Å². The lowest BCUT2D eigenvalue weighted by atomic mass is 9.91.